The first-order chi connectivity index (χ1) is 20.7. The lowest BCUT2D eigenvalue weighted by molar-refractivity contribution is -0.145. The Morgan fingerprint density at radius 2 is 1.30 bits per heavy atom. The van der Waals surface area contributed by atoms with E-state index in [1.165, 1.54) is 20.8 Å². The summed E-state index contributed by atoms with van der Waals surface area (Å²) in [5.74, 6) is -5.62. The molecule has 0 saturated heterocycles. The second-order valence-corrected chi connectivity index (χ2v) is 9.77. The van der Waals surface area contributed by atoms with Gasteiger partial charge in [0, 0.05) is 57.0 Å². The van der Waals surface area contributed by atoms with Gasteiger partial charge in [-0.15, -0.1) is 0 Å². The number of ether oxygens (including phenoxy) is 1. The van der Waals surface area contributed by atoms with E-state index in [0.29, 0.717) is 0 Å². The molecule has 0 aliphatic carbocycles. The number of rotatable bonds is 17. The number of carbonyl (C=O) groups excluding carboxylic acids is 9. The van der Waals surface area contributed by atoms with Crippen molar-refractivity contribution in [3.63, 3.8) is 0 Å². The molecule has 0 spiro atoms. The molecule has 9 amide bonds. The van der Waals surface area contributed by atoms with E-state index in [1.54, 1.807) is 6.92 Å². The van der Waals surface area contributed by atoms with Crippen molar-refractivity contribution in [2.45, 2.75) is 64.9 Å². The van der Waals surface area contributed by atoms with Crippen LogP contribution in [0.15, 0.2) is 24.3 Å². The highest BCUT2D eigenvalue weighted by Gasteiger charge is 2.33. The van der Waals surface area contributed by atoms with Crippen LogP contribution in [-0.2, 0) is 47.9 Å². The van der Waals surface area contributed by atoms with Crippen molar-refractivity contribution in [2.75, 3.05) is 26.2 Å². The first kappa shape index (κ1) is 35.3. The van der Waals surface area contributed by atoms with E-state index in [4.69, 9.17) is 4.74 Å². The average Bonchev–Trinajstić information content (AvgIpc) is 3.47. The number of nitrogens with zero attached hydrogens (tertiary/aromatic N) is 2. The fraction of sp³-hybridized carbons (Fsp3) is 0.519. The average molecular weight is 620 g/mol. The van der Waals surface area contributed by atoms with Crippen LogP contribution >= 0.6 is 0 Å². The van der Waals surface area contributed by atoms with Crippen LogP contribution in [0.2, 0.25) is 0 Å². The molecular formula is C27H37N7O10. The Balaban J connectivity index is 1.87. The van der Waals surface area contributed by atoms with Crippen molar-refractivity contribution >= 4 is 53.2 Å². The molecule has 4 unspecified atom stereocenters. The first-order valence-electron chi connectivity index (χ1n) is 13.9. The third-order valence-corrected chi connectivity index (χ3v) is 6.36. The Labute approximate surface area is 253 Å². The highest BCUT2D eigenvalue weighted by atomic mass is 16.5. The van der Waals surface area contributed by atoms with Crippen molar-refractivity contribution in [3.8, 4) is 0 Å². The van der Waals surface area contributed by atoms with Gasteiger partial charge < -0.3 is 31.3 Å². The molecule has 0 fully saturated rings. The summed E-state index contributed by atoms with van der Waals surface area (Å²) in [5.41, 5.74) is 0. The number of carbonyl (C=O) groups is 9. The van der Waals surface area contributed by atoms with E-state index in [2.05, 4.69) is 26.6 Å². The molecule has 44 heavy (non-hydrogen) atoms. The van der Waals surface area contributed by atoms with Gasteiger partial charge in [0.1, 0.15) is 18.2 Å². The normalized spacial score (nSPS) is 16.8. The minimum absolute atomic E-state index is 0.0221. The van der Waals surface area contributed by atoms with Gasteiger partial charge in [0.05, 0.1) is 12.6 Å². The molecule has 0 saturated carbocycles. The molecule has 0 aromatic rings. The number of hydrogen-bond acceptors (Lipinski definition) is 10. The number of imide groups is 2. The lowest BCUT2D eigenvalue weighted by Gasteiger charge is -2.25. The standard InChI is InChI=1S/C27H37N7O10/c1-5-44-16(3)26(42)32-18(27(43)29-12-11-28-19(35)10-13-33-21(37)6-7-22(33)38)14-20(36)30-17(4)31-25(41)15(2)34-23(39)8-9-24(34)40/h6-9,15-18H,5,10-14H2,1-4H3,(H,28,35)(H,29,43)(H,30,36)(H,31,41)(H,32,42). The molecule has 4 atom stereocenters. The predicted molar refractivity (Wildman–Crippen MR) is 150 cm³/mol. The molecule has 5 N–H and O–H groups in total. The quantitative estimate of drug-likeness (QED) is 0.0619. The highest BCUT2D eigenvalue weighted by molar-refractivity contribution is 6.15. The Morgan fingerprint density at radius 3 is 1.89 bits per heavy atom. The maximum atomic E-state index is 12.9. The van der Waals surface area contributed by atoms with Gasteiger partial charge in [-0.05, 0) is 27.7 Å². The number of nitrogens with one attached hydrogen (secondary N) is 5. The topological polar surface area (TPSA) is 229 Å². The van der Waals surface area contributed by atoms with Crippen LogP contribution in [0.4, 0.5) is 0 Å². The number of hydrogen-bond donors (Lipinski definition) is 5. The van der Waals surface area contributed by atoms with E-state index < -0.39 is 83.9 Å². The van der Waals surface area contributed by atoms with Gasteiger partial charge in [0.15, 0.2) is 0 Å². The zero-order valence-electron chi connectivity index (χ0n) is 24.8. The molecular weight excluding hydrogens is 582 g/mol. The zero-order chi connectivity index (χ0) is 33.0. The summed E-state index contributed by atoms with van der Waals surface area (Å²) in [6.07, 6.45) is 1.72. The summed E-state index contributed by atoms with van der Waals surface area (Å²) in [5, 5.41) is 12.4. The van der Waals surface area contributed by atoms with E-state index >= 15 is 0 Å². The molecule has 2 aliphatic heterocycles. The van der Waals surface area contributed by atoms with Gasteiger partial charge in [-0.1, -0.05) is 0 Å². The van der Waals surface area contributed by atoms with Crippen LogP contribution in [0.5, 0.6) is 0 Å². The minimum atomic E-state index is -1.35. The summed E-state index contributed by atoms with van der Waals surface area (Å²) in [6.45, 7) is 5.94. The molecule has 2 rings (SSSR count). The predicted octanol–water partition coefficient (Wildman–Crippen LogP) is -3.27. The largest absolute Gasteiger partial charge is 0.369 e. The lowest BCUT2D eigenvalue weighted by Crippen LogP contribution is -2.55. The first-order valence-corrected chi connectivity index (χ1v) is 13.9. The molecule has 240 valence electrons. The van der Waals surface area contributed by atoms with Gasteiger partial charge in [-0.25, -0.2) is 0 Å². The van der Waals surface area contributed by atoms with Crippen molar-refractivity contribution in [3.05, 3.63) is 24.3 Å². The summed E-state index contributed by atoms with van der Waals surface area (Å²) in [4.78, 5) is 111. The van der Waals surface area contributed by atoms with Crippen molar-refractivity contribution in [1.82, 2.24) is 36.4 Å². The van der Waals surface area contributed by atoms with Crippen LogP contribution in [0, 0.1) is 0 Å². The summed E-state index contributed by atoms with van der Waals surface area (Å²) >= 11 is 0. The molecule has 0 bridgehead atoms. The van der Waals surface area contributed by atoms with Crippen LogP contribution in [0.1, 0.15) is 40.5 Å². The van der Waals surface area contributed by atoms with Crippen LogP contribution in [0.3, 0.4) is 0 Å². The van der Waals surface area contributed by atoms with Crippen LogP contribution < -0.4 is 26.6 Å². The maximum Gasteiger partial charge on any atom is 0.254 e. The maximum absolute atomic E-state index is 12.9. The Hall–Kier alpha value is -4.93. The van der Waals surface area contributed by atoms with Gasteiger partial charge >= 0.3 is 0 Å². The fourth-order valence-corrected chi connectivity index (χ4v) is 4.05. The second kappa shape index (κ2) is 16.6. The molecule has 0 aromatic carbocycles. The van der Waals surface area contributed by atoms with E-state index in [-0.39, 0.29) is 32.7 Å². The van der Waals surface area contributed by atoms with Crippen LogP contribution in [-0.4, -0.2) is 114 Å². The smallest absolute Gasteiger partial charge is 0.254 e. The van der Waals surface area contributed by atoms with E-state index in [9.17, 15) is 43.2 Å². The second-order valence-electron chi connectivity index (χ2n) is 9.77. The SMILES string of the molecule is CCOC(C)C(=O)NC(CC(=O)NC(C)NC(=O)C(C)N1C(=O)C=CC1=O)C(=O)NCCNC(=O)CCN1C(=O)C=CC1=O. The van der Waals surface area contributed by atoms with Crippen molar-refractivity contribution < 1.29 is 47.9 Å². The highest BCUT2D eigenvalue weighted by Crippen LogP contribution is 2.09. The van der Waals surface area contributed by atoms with Gasteiger partial charge in [-0.2, -0.15) is 0 Å². The van der Waals surface area contributed by atoms with Crippen molar-refractivity contribution in [2.24, 2.45) is 0 Å². The minimum Gasteiger partial charge on any atom is -0.369 e. The molecule has 2 aliphatic rings. The fourth-order valence-electron chi connectivity index (χ4n) is 4.05. The molecule has 17 heteroatoms. The Bertz CT molecular complexity index is 1210. The molecule has 0 radical (unpaired) electrons. The van der Waals surface area contributed by atoms with Gasteiger partial charge in [0.25, 0.3) is 23.6 Å². The molecule has 17 nitrogen and oxygen atoms in total. The summed E-state index contributed by atoms with van der Waals surface area (Å²) in [6, 6.07) is -2.50. The monoisotopic (exact) mass is 619 g/mol. The lowest BCUT2D eigenvalue weighted by atomic mass is 10.1. The van der Waals surface area contributed by atoms with Crippen molar-refractivity contribution in [1.29, 1.82) is 0 Å². The van der Waals surface area contributed by atoms with Crippen LogP contribution in [0.25, 0.3) is 0 Å². The van der Waals surface area contributed by atoms with Gasteiger partial charge in [0.2, 0.25) is 29.5 Å². The van der Waals surface area contributed by atoms with E-state index in [0.717, 1.165) is 34.1 Å². The molecule has 0 aromatic heterocycles. The summed E-state index contributed by atoms with van der Waals surface area (Å²) in [7, 11) is 0. The Morgan fingerprint density at radius 1 is 0.727 bits per heavy atom. The summed E-state index contributed by atoms with van der Waals surface area (Å²) < 4.78 is 5.23. The Kier molecular flexibility index (Phi) is 13.3. The number of amides is 9. The zero-order valence-corrected chi connectivity index (χ0v) is 24.8. The third kappa shape index (κ3) is 10.4. The molecule has 2 heterocycles. The van der Waals surface area contributed by atoms with E-state index in [1.807, 2.05) is 0 Å². The van der Waals surface area contributed by atoms with Gasteiger partial charge in [-0.3, -0.25) is 53.0 Å². The third-order valence-electron chi connectivity index (χ3n) is 6.36.